The molecule has 1 saturated heterocycles. The van der Waals surface area contributed by atoms with E-state index in [9.17, 15) is 9.18 Å². The lowest BCUT2D eigenvalue weighted by atomic mass is 9.61. The maximum Gasteiger partial charge on any atom is 0.257 e. The van der Waals surface area contributed by atoms with Gasteiger partial charge in [-0.2, -0.15) is 0 Å². The minimum Gasteiger partial charge on any atom is -0.490 e. The molecule has 0 radical (unpaired) electrons. The SMILES string of the molecule is CCN(C(=O)c1cc(F)ccc1Oc1cncnc1N1CC2(CC(Oc3ccnc4c3CN(CCCCCN(C)C)CC4)C2)C1)C(C)C. The highest BCUT2D eigenvalue weighted by Crippen LogP contribution is 2.52. The summed E-state index contributed by atoms with van der Waals surface area (Å²) in [5, 5.41) is 0. The normalized spacial score (nSPS) is 17.3. The molecular formula is C37H50FN7O3. The predicted octanol–water partition coefficient (Wildman–Crippen LogP) is 5.81. The highest BCUT2D eigenvalue weighted by molar-refractivity contribution is 5.97. The minimum atomic E-state index is -0.489. The molecule has 48 heavy (non-hydrogen) atoms. The largest absolute Gasteiger partial charge is 0.490 e. The number of carbonyl (C=O) groups is 1. The van der Waals surface area contributed by atoms with Crippen molar-refractivity contribution in [1.82, 2.24) is 29.7 Å². The number of hydrogen-bond acceptors (Lipinski definition) is 9. The Morgan fingerprint density at radius 2 is 1.90 bits per heavy atom. The quantitative estimate of drug-likeness (QED) is 0.199. The Morgan fingerprint density at radius 3 is 2.65 bits per heavy atom. The van der Waals surface area contributed by atoms with Crippen molar-refractivity contribution < 1.29 is 18.7 Å². The molecule has 0 N–H and O–H groups in total. The highest BCUT2D eigenvalue weighted by Gasteiger charge is 2.54. The van der Waals surface area contributed by atoms with Gasteiger partial charge in [-0.15, -0.1) is 0 Å². The molecule has 4 heterocycles. The molecule has 0 bridgehead atoms. The number of benzene rings is 1. The third-order valence-electron chi connectivity index (χ3n) is 9.97. The summed E-state index contributed by atoms with van der Waals surface area (Å²) in [5.41, 5.74) is 2.79. The molecule has 11 heteroatoms. The molecule has 0 atom stereocenters. The fourth-order valence-electron chi connectivity index (χ4n) is 7.44. The predicted molar refractivity (Wildman–Crippen MR) is 184 cm³/mol. The van der Waals surface area contributed by atoms with E-state index in [2.05, 4.69) is 43.7 Å². The maximum atomic E-state index is 14.3. The first-order valence-electron chi connectivity index (χ1n) is 17.5. The van der Waals surface area contributed by atoms with Crippen molar-refractivity contribution in [2.45, 2.75) is 78.0 Å². The van der Waals surface area contributed by atoms with E-state index in [-0.39, 0.29) is 34.8 Å². The lowest BCUT2D eigenvalue weighted by Gasteiger charge is -2.59. The molecule has 1 saturated carbocycles. The summed E-state index contributed by atoms with van der Waals surface area (Å²) in [6.45, 7) is 12.2. The van der Waals surface area contributed by atoms with Gasteiger partial charge < -0.3 is 24.2 Å². The topological polar surface area (TPSA) is 87.2 Å². The van der Waals surface area contributed by atoms with Crippen LogP contribution < -0.4 is 14.4 Å². The fraction of sp³-hybridized carbons (Fsp3) is 0.568. The van der Waals surface area contributed by atoms with Gasteiger partial charge in [0.1, 0.15) is 29.7 Å². The van der Waals surface area contributed by atoms with Crippen LogP contribution in [0, 0.1) is 11.2 Å². The number of rotatable bonds is 14. The third-order valence-corrected chi connectivity index (χ3v) is 9.97. The van der Waals surface area contributed by atoms with Crippen molar-refractivity contribution in [2.24, 2.45) is 5.41 Å². The van der Waals surface area contributed by atoms with Gasteiger partial charge in [0.2, 0.25) is 0 Å². The summed E-state index contributed by atoms with van der Waals surface area (Å²) >= 11 is 0. The Balaban J connectivity index is 1.05. The van der Waals surface area contributed by atoms with Crippen LogP contribution in [0.3, 0.4) is 0 Å². The first-order chi connectivity index (χ1) is 23.1. The number of ether oxygens (including phenoxy) is 2. The number of halogens is 1. The average molecular weight is 660 g/mol. The standard InChI is InChI=1S/C37H50FN7O3/c1-6-45(26(2)3)36(46)29-18-27(38)10-11-32(29)48-34-21-39-25-41-35(34)44-23-37(24-44)19-28(20-37)47-33-12-14-40-31-13-17-43(22-30(31)33)16-9-7-8-15-42(4)5/h10-12,14,18,21,25-26,28H,6-9,13,15-17,19-20,22-24H2,1-5H3. The van der Waals surface area contributed by atoms with Crippen molar-refractivity contribution in [2.75, 3.05) is 58.3 Å². The van der Waals surface area contributed by atoms with Crippen molar-refractivity contribution in [3.63, 3.8) is 0 Å². The van der Waals surface area contributed by atoms with E-state index in [1.807, 2.05) is 33.0 Å². The number of carbonyl (C=O) groups excluding carboxylic acids is 1. The number of aromatic nitrogens is 3. The first-order valence-corrected chi connectivity index (χ1v) is 17.5. The number of anilines is 1. The van der Waals surface area contributed by atoms with Gasteiger partial charge in [-0.05, 0) is 97.9 Å². The molecule has 0 unspecified atom stereocenters. The van der Waals surface area contributed by atoms with Crippen LogP contribution in [0.5, 0.6) is 17.2 Å². The highest BCUT2D eigenvalue weighted by atomic mass is 19.1. The van der Waals surface area contributed by atoms with Crippen LogP contribution in [-0.4, -0.2) is 101 Å². The van der Waals surface area contributed by atoms with Crippen LogP contribution in [-0.2, 0) is 13.0 Å². The van der Waals surface area contributed by atoms with E-state index in [0.717, 1.165) is 64.3 Å². The zero-order valence-electron chi connectivity index (χ0n) is 29.1. The van der Waals surface area contributed by atoms with E-state index < -0.39 is 5.82 Å². The molecule has 3 aliphatic rings. The molecule has 2 aliphatic heterocycles. The van der Waals surface area contributed by atoms with Crippen LogP contribution in [0.4, 0.5) is 10.2 Å². The number of fused-ring (bicyclic) bond motifs is 1. The average Bonchev–Trinajstić information content (AvgIpc) is 3.02. The van der Waals surface area contributed by atoms with Crippen molar-refractivity contribution in [3.05, 3.63) is 65.6 Å². The number of hydrogen-bond donors (Lipinski definition) is 0. The third kappa shape index (κ3) is 7.57. The Bertz CT molecular complexity index is 1570. The number of pyridine rings is 1. The molecular weight excluding hydrogens is 609 g/mol. The maximum absolute atomic E-state index is 14.3. The number of nitrogens with zero attached hydrogens (tertiary/aromatic N) is 7. The molecule has 6 rings (SSSR count). The van der Waals surface area contributed by atoms with Gasteiger partial charge in [-0.3, -0.25) is 14.7 Å². The number of unbranched alkanes of at least 4 members (excludes halogenated alkanes) is 2. The van der Waals surface area contributed by atoms with Crippen molar-refractivity contribution >= 4 is 11.7 Å². The molecule has 1 amide bonds. The van der Waals surface area contributed by atoms with Gasteiger partial charge in [-0.25, -0.2) is 14.4 Å². The van der Waals surface area contributed by atoms with Crippen molar-refractivity contribution in [3.8, 4) is 17.2 Å². The minimum absolute atomic E-state index is 0.0338. The van der Waals surface area contributed by atoms with E-state index in [0.29, 0.717) is 18.1 Å². The second-order valence-corrected chi connectivity index (χ2v) is 14.3. The second kappa shape index (κ2) is 14.7. The summed E-state index contributed by atoms with van der Waals surface area (Å²) < 4.78 is 27.2. The summed E-state index contributed by atoms with van der Waals surface area (Å²) in [7, 11) is 4.27. The molecule has 1 aliphatic carbocycles. The molecule has 2 fully saturated rings. The Hall–Kier alpha value is -3.83. The smallest absolute Gasteiger partial charge is 0.257 e. The van der Waals surface area contributed by atoms with Gasteiger partial charge in [0.05, 0.1) is 11.8 Å². The van der Waals surface area contributed by atoms with Gasteiger partial charge >= 0.3 is 0 Å². The molecule has 1 spiro atoms. The van der Waals surface area contributed by atoms with Gasteiger partial charge in [0.15, 0.2) is 11.6 Å². The van der Waals surface area contributed by atoms with E-state index >= 15 is 0 Å². The summed E-state index contributed by atoms with van der Waals surface area (Å²) in [5.74, 6) is 1.62. The number of amides is 1. The fourth-order valence-corrected chi connectivity index (χ4v) is 7.44. The van der Waals surface area contributed by atoms with Crippen LogP contribution in [0.15, 0.2) is 43.0 Å². The summed E-state index contributed by atoms with van der Waals surface area (Å²) in [4.78, 5) is 35.5. The monoisotopic (exact) mass is 659 g/mol. The zero-order chi connectivity index (χ0) is 33.8. The Morgan fingerprint density at radius 1 is 1.08 bits per heavy atom. The molecule has 258 valence electrons. The Labute approximate surface area is 284 Å². The first kappa shape index (κ1) is 34.0. The van der Waals surface area contributed by atoms with Gasteiger partial charge in [-0.1, -0.05) is 6.42 Å². The molecule has 10 nitrogen and oxygen atoms in total. The Kier molecular flexibility index (Phi) is 10.5. The van der Waals surface area contributed by atoms with Crippen LogP contribution in [0.1, 0.15) is 74.5 Å². The molecule has 1 aromatic carbocycles. The van der Waals surface area contributed by atoms with Gasteiger partial charge in [0.25, 0.3) is 5.91 Å². The summed E-state index contributed by atoms with van der Waals surface area (Å²) in [6, 6.07) is 6.05. The second-order valence-electron chi connectivity index (χ2n) is 14.3. The van der Waals surface area contributed by atoms with Gasteiger partial charge in [0, 0.05) is 68.1 Å². The van der Waals surface area contributed by atoms with E-state index in [1.165, 1.54) is 55.0 Å². The van der Waals surface area contributed by atoms with Crippen LogP contribution in [0.25, 0.3) is 0 Å². The zero-order valence-corrected chi connectivity index (χ0v) is 29.1. The lowest BCUT2D eigenvalue weighted by Crippen LogP contribution is -2.65. The molecule has 2 aromatic heterocycles. The summed E-state index contributed by atoms with van der Waals surface area (Å²) in [6.07, 6.45) is 11.8. The van der Waals surface area contributed by atoms with Crippen molar-refractivity contribution in [1.29, 1.82) is 0 Å². The van der Waals surface area contributed by atoms with Crippen LogP contribution >= 0.6 is 0 Å². The van der Waals surface area contributed by atoms with Crippen LogP contribution in [0.2, 0.25) is 0 Å². The lowest BCUT2D eigenvalue weighted by molar-refractivity contribution is -0.0352. The van der Waals surface area contributed by atoms with E-state index in [4.69, 9.17) is 9.47 Å². The molecule has 3 aromatic rings. The van der Waals surface area contributed by atoms with E-state index in [1.54, 1.807) is 11.1 Å².